The average Bonchev–Trinajstić information content (AvgIpc) is 2.93. The lowest BCUT2D eigenvalue weighted by molar-refractivity contribution is -0.134. The van der Waals surface area contributed by atoms with Crippen LogP contribution in [0.2, 0.25) is 0 Å². The SMILES string of the molecule is CCN(C(=O)C1CSc2ccccc21)C1CCCNC1. The van der Waals surface area contributed by atoms with Gasteiger partial charge in [-0.15, -0.1) is 11.8 Å². The third-order valence-electron chi connectivity index (χ3n) is 4.33. The van der Waals surface area contributed by atoms with Gasteiger partial charge in [-0.1, -0.05) is 18.2 Å². The van der Waals surface area contributed by atoms with Crippen LogP contribution in [0.15, 0.2) is 29.2 Å². The number of piperidine rings is 1. The lowest BCUT2D eigenvalue weighted by Crippen LogP contribution is -2.50. The summed E-state index contributed by atoms with van der Waals surface area (Å²) < 4.78 is 0. The number of nitrogens with zero attached hydrogens (tertiary/aromatic N) is 1. The van der Waals surface area contributed by atoms with Gasteiger partial charge in [0.05, 0.1) is 5.92 Å². The number of amides is 1. The highest BCUT2D eigenvalue weighted by Gasteiger charge is 2.34. The zero-order valence-electron chi connectivity index (χ0n) is 12.0. The Labute approximate surface area is 125 Å². The van der Waals surface area contributed by atoms with Gasteiger partial charge in [0.2, 0.25) is 5.91 Å². The average molecular weight is 290 g/mol. The third kappa shape index (κ3) is 2.59. The van der Waals surface area contributed by atoms with E-state index >= 15 is 0 Å². The molecule has 4 heteroatoms. The first-order valence-corrected chi connectivity index (χ1v) is 8.52. The predicted octanol–water partition coefficient (Wildman–Crippen LogP) is 2.48. The van der Waals surface area contributed by atoms with Crippen LogP contribution in [0.4, 0.5) is 0 Å². The molecule has 2 unspecified atom stereocenters. The summed E-state index contributed by atoms with van der Waals surface area (Å²) >= 11 is 1.82. The fourth-order valence-corrected chi connectivity index (χ4v) is 4.48. The number of carbonyl (C=O) groups excluding carboxylic acids is 1. The van der Waals surface area contributed by atoms with E-state index in [0.717, 1.165) is 31.8 Å². The van der Waals surface area contributed by atoms with Gasteiger partial charge < -0.3 is 10.2 Å². The number of hydrogen-bond acceptors (Lipinski definition) is 3. The van der Waals surface area contributed by atoms with Crippen LogP contribution in [-0.4, -0.2) is 42.2 Å². The molecular formula is C16H22N2OS. The summed E-state index contributed by atoms with van der Waals surface area (Å²) in [7, 11) is 0. The van der Waals surface area contributed by atoms with Gasteiger partial charge in [0, 0.05) is 29.8 Å². The molecular weight excluding hydrogens is 268 g/mol. The van der Waals surface area contributed by atoms with Gasteiger partial charge in [-0.25, -0.2) is 0 Å². The van der Waals surface area contributed by atoms with Gasteiger partial charge in [-0.2, -0.15) is 0 Å². The Kier molecular flexibility index (Phi) is 4.32. The maximum Gasteiger partial charge on any atom is 0.231 e. The summed E-state index contributed by atoms with van der Waals surface area (Å²) in [6.07, 6.45) is 2.30. The van der Waals surface area contributed by atoms with Crippen molar-refractivity contribution in [1.82, 2.24) is 10.2 Å². The summed E-state index contributed by atoms with van der Waals surface area (Å²) in [5.74, 6) is 1.27. The van der Waals surface area contributed by atoms with Gasteiger partial charge >= 0.3 is 0 Å². The molecule has 1 fully saturated rings. The highest BCUT2D eigenvalue weighted by atomic mass is 32.2. The maximum absolute atomic E-state index is 12.9. The van der Waals surface area contributed by atoms with Gasteiger partial charge in [0.15, 0.2) is 0 Å². The first kappa shape index (κ1) is 14.0. The minimum absolute atomic E-state index is 0.0538. The smallest absolute Gasteiger partial charge is 0.231 e. The van der Waals surface area contributed by atoms with Crippen LogP contribution in [0.25, 0.3) is 0 Å². The zero-order valence-corrected chi connectivity index (χ0v) is 12.8. The molecule has 0 aromatic heterocycles. The zero-order chi connectivity index (χ0) is 13.9. The van der Waals surface area contributed by atoms with Crippen molar-refractivity contribution < 1.29 is 4.79 Å². The fourth-order valence-electron chi connectivity index (χ4n) is 3.26. The molecule has 20 heavy (non-hydrogen) atoms. The van der Waals surface area contributed by atoms with Gasteiger partial charge in [-0.05, 0) is 37.9 Å². The molecule has 0 saturated carbocycles. The second-order valence-corrected chi connectivity index (χ2v) is 6.59. The maximum atomic E-state index is 12.9. The largest absolute Gasteiger partial charge is 0.338 e. The quantitative estimate of drug-likeness (QED) is 0.928. The van der Waals surface area contributed by atoms with E-state index in [9.17, 15) is 4.79 Å². The standard InChI is InChI=1S/C16H22N2OS/c1-2-18(12-6-5-9-17-10-12)16(19)14-11-20-15-8-4-3-7-13(14)15/h3-4,7-8,12,14,17H,2,5-6,9-11H2,1H3. The Bertz CT molecular complexity index is 485. The van der Waals surface area contributed by atoms with Crippen molar-refractivity contribution in [2.45, 2.75) is 36.6 Å². The molecule has 1 amide bonds. The molecule has 2 aliphatic rings. The van der Waals surface area contributed by atoms with Crippen LogP contribution in [0.3, 0.4) is 0 Å². The number of rotatable bonds is 3. The van der Waals surface area contributed by atoms with Crippen molar-refractivity contribution in [3.05, 3.63) is 29.8 Å². The summed E-state index contributed by atoms with van der Waals surface area (Å²) in [6, 6.07) is 8.72. The Morgan fingerprint density at radius 2 is 2.30 bits per heavy atom. The van der Waals surface area contributed by atoms with E-state index < -0.39 is 0 Å². The second kappa shape index (κ2) is 6.19. The van der Waals surface area contributed by atoms with Crippen LogP contribution >= 0.6 is 11.8 Å². The Morgan fingerprint density at radius 3 is 3.05 bits per heavy atom. The first-order chi connectivity index (χ1) is 9.81. The summed E-state index contributed by atoms with van der Waals surface area (Å²) in [5.41, 5.74) is 1.23. The number of hydrogen-bond donors (Lipinski definition) is 1. The molecule has 0 bridgehead atoms. The van der Waals surface area contributed by atoms with Crippen LogP contribution in [0, 0.1) is 0 Å². The number of carbonyl (C=O) groups is 1. The predicted molar refractivity (Wildman–Crippen MR) is 83.2 cm³/mol. The molecule has 0 radical (unpaired) electrons. The van der Waals surface area contributed by atoms with Crippen molar-refractivity contribution in [3.8, 4) is 0 Å². The number of thioether (sulfide) groups is 1. The van der Waals surface area contributed by atoms with Gasteiger partial charge in [0.1, 0.15) is 0 Å². The highest BCUT2D eigenvalue weighted by molar-refractivity contribution is 7.99. The summed E-state index contributed by atoms with van der Waals surface area (Å²) in [6.45, 7) is 4.94. The van der Waals surface area contributed by atoms with Gasteiger partial charge in [-0.3, -0.25) is 4.79 Å². The van der Waals surface area contributed by atoms with E-state index in [0.29, 0.717) is 11.9 Å². The molecule has 108 valence electrons. The van der Waals surface area contributed by atoms with Crippen molar-refractivity contribution in [2.75, 3.05) is 25.4 Å². The second-order valence-electron chi connectivity index (χ2n) is 5.53. The van der Waals surface area contributed by atoms with Crippen LogP contribution < -0.4 is 5.32 Å². The molecule has 1 aromatic carbocycles. The van der Waals surface area contributed by atoms with Crippen molar-refractivity contribution in [1.29, 1.82) is 0 Å². The lowest BCUT2D eigenvalue weighted by atomic mass is 9.97. The van der Waals surface area contributed by atoms with E-state index in [-0.39, 0.29) is 5.92 Å². The molecule has 0 aliphatic carbocycles. The first-order valence-electron chi connectivity index (χ1n) is 7.54. The van der Waals surface area contributed by atoms with Gasteiger partial charge in [0.25, 0.3) is 0 Å². The number of nitrogens with one attached hydrogen (secondary N) is 1. The molecule has 3 rings (SSSR count). The summed E-state index contributed by atoms with van der Waals surface area (Å²) in [4.78, 5) is 16.3. The Morgan fingerprint density at radius 1 is 1.45 bits per heavy atom. The Hall–Kier alpha value is -1.00. The number of benzene rings is 1. The number of fused-ring (bicyclic) bond motifs is 1. The molecule has 1 N–H and O–H groups in total. The lowest BCUT2D eigenvalue weighted by Gasteiger charge is -2.35. The van der Waals surface area contributed by atoms with E-state index in [4.69, 9.17) is 0 Å². The molecule has 2 heterocycles. The van der Waals surface area contributed by atoms with E-state index in [2.05, 4.69) is 35.3 Å². The third-order valence-corrected chi connectivity index (χ3v) is 5.52. The summed E-state index contributed by atoms with van der Waals surface area (Å²) in [5, 5.41) is 3.42. The Balaban J connectivity index is 1.77. The van der Waals surface area contributed by atoms with Crippen LogP contribution in [0.1, 0.15) is 31.2 Å². The topological polar surface area (TPSA) is 32.3 Å². The highest BCUT2D eigenvalue weighted by Crippen LogP contribution is 2.40. The van der Waals surface area contributed by atoms with Crippen molar-refractivity contribution in [3.63, 3.8) is 0 Å². The molecule has 2 atom stereocenters. The van der Waals surface area contributed by atoms with Crippen molar-refractivity contribution >= 4 is 17.7 Å². The van der Waals surface area contributed by atoms with E-state index in [1.807, 2.05) is 17.8 Å². The number of likely N-dealkylation sites (N-methyl/N-ethyl adjacent to an activating group) is 1. The molecule has 0 spiro atoms. The molecule has 1 saturated heterocycles. The fraction of sp³-hybridized carbons (Fsp3) is 0.562. The van der Waals surface area contributed by atoms with Crippen LogP contribution in [0.5, 0.6) is 0 Å². The van der Waals surface area contributed by atoms with Crippen LogP contribution in [-0.2, 0) is 4.79 Å². The normalized spacial score (nSPS) is 25.2. The molecule has 3 nitrogen and oxygen atoms in total. The van der Waals surface area contributed by atoms with E-state index in [1.54, 1.807) is 0 Å². The van der Waals surface area contributed by atoms with E-state index in [1.165, 1.54) is 16.9 Å². The minimum atomic E-state index is 0.0538. The molecule has 2 aliphatic heterocycles. The monoisotopic (exact) mass is 290 g/mol. The van der Waals surface area contributed by atoms with Crippen molar-refractivity contribution in [2.24, 2.45) is 0 Å². The molecule has 1 aromatic rings. The minimum Gasteiger partial charge on any atom is -0.338 e.